The van der Waals surface area contributed by atoms with E-state index in [0.29, 0.717) is 13.0 Å². The number of rotatable bonds is 7. The van der Waals surface area contributed by atoms with E-state index < -0.39 is 10.8 Å². The van der Waals surface area contributed by atoms with Gasteiger partial charge in [0.2, 0.25) is 5.91 Å². The molecule has 0 aliphatic heterocycles. The first kappa shape index (κ1) is 17.1. The van der Waals surface area contributed by atoms with Crippen LogP contribution >= 0.6 is 0 Å². The van der Waals surface area contributed by atoms with Gasteiger partial charge < -0.3 is 10.6 Å². The highest BCUT2D eigenvalue weighted by molar-refractivity contribution is 5.96. The van der Waals surface area contributed by atoms with E-state index in [9.17, 15) is 19.7 Å². The maximum Gasteiger partial charge on any atom is 0.269 e. The van der Waals surface area contributed by atoms with Crippen LogP contribution in [0.3, 0.4) is 0 Å². The molecule has 0 fully saturated rings. The number of nitro benzene ring substituents is 1. The predicted octanol–water partition coefficient (Wildman–Crippen LogP) is 1.68. The molecule has 0 spiro atoms. The number of hydrogen-bond donors (Lipinski definition) is 2. The van der Waals surface area contributed by atoms with Gasteiger partial charge >= 0.3 is 0 Å². The highest BCUT2D eigenvalue weighted by atomic mass is 16.6. The number of carbonyl (C=O) groups is 2. The minimum absolute atomic E-state index is 0.0924. The van der Waals surface area contributed by atoms with Gasteiger partial charge in [-0.2, -0.15) is 0 Å². The van der Waals surface area contributed by atoms with E-state index >= 15 is 0 Å². The molecule has 124 valence electrons. The van der Waals surface area contributed by atoms with Crippen LogP contribution in [0.5, 0.6) is 0 Å². The molecule has 0 atom stereocenters. The van der Waals surface area contributed by atoms with Crippen LogP contribution in [0.4, 0.5) is 5.69 Å². The number of hydrogen-bond acceptors (Lipinski definition) is 4. The average molecular weight is 327 g/mol. The molecule has 2 aromatic rings. The van der Waals surface area contributed by atoms with Crippen LogP contribution in [0.2, 0.25) is 0 Å². The molecule has 24 heavy (non-hydrogen) atoms. The summed E-state index contributed by atoms with van der Waals surface area (Å²) in [6, 6.07) is 14.9. The normalized spacial score (nSPS) is 10.0. The summed E-state index contributed by atoms with van der Waals surface area (Å²) in [5, 5.41) is 15.7. The molecule has 2 aromatic carbocycles. The number of nitro groups is 1. The molecule has 0 radical (unpaired) electrons. The highest BCUT2D eigenvalue weighted by Crippen LogP contribution is 2.11. The molecule has 0 aliphatic rings. The standard InChI is InChI=1S/C17H17N3O4/c21-16(18-11-10-13-4-2-1-3-5-13)12-19-17(22)14-6-8-15(9-7-14)20(23)24/h1-9H,10-12H2,(H,18,21)(H,19,22). The SMILES string of the molecule is O=C(CNC(=O)c1ccc([N+](=O)[O-])cc1)NCCc1ccccc1. The first-order valence-electron chi connectivity index (χ1n) is 7.39. The number of non-ortho nitro benzene ring substituents is 1. The van der Waals surface area contributed by atoms with E-state index in [-0.39, 0.29) is 23.7 Å². The number of amides is 2. The summed E-state index contributed by atoms with van der Waals surface area (Å²) in [5.74, 6) is -0.746. The molecule has 0 aromatic heterocycles. The number of carbonyl (C=O) groups excluding carboxylic acids is 2. The molecule has 7 nitrogen and oxygen atoms in total. The average Bonchev–Trinajstić information content (AvgIpc) is 2.60. The second-order valence-corrected chi connectivity index (χ2v) is 5.07. The van der Waals surface area contributed by atoms with Crippen molar-refractivity contribution >= 4 is 17.5 Å². The Bertz CT molecular complexity index is 714. The quantitative estimate of drug-likeness (QED) is 0.597. The Morgan fingerprint density at radius 2 is 1.62 bits per heavy atom. The molecular weight excluding hydrogens is 310 g/mol. The summed E-state index contributed by atoms with van der Waals surface area (Å²) in [6.45, 7) is 0.334. The number of nitrogens with one attached hydrogen (secondary N) is 2. The van der Waals surface area contributed by atoms with Crippen molar-refractivity contribution in [1.29, 1.82) is 0 Å². The molecule has 7 heteroatoms. The van der Waals surface area contributed by atoms with Gasteiger partial charge in [-0.1, -0.05) is 30.3 Å². The molecule has 2 rings (SSSR count). The third kappa shape index (κ3) is 5.20. The lowest BCUT2D eigenvalue weighted by Gasteiger charge is -2.07. The molecule has 2 N–H and O–H groups in total. The minimum Gasteiger partial charge on any atom is -0.354 e. The summed E-state index contributed by atoms with van der Waals surface area (Å²) >= 11 is 0. The Kier molecular flexibility index (Phi) is 6.01. The van der Waals surface area contributed by atoms with Gasteiger partial charge in [0.1, 0.15) is 0 Å². The van der Waals surface area contributed by atoms with E-state index in [4.69, 9.17) is 0 Å². The summed E-state index contributed by atoms with van der Waals surface area (Å²) in [4.78, 5) is 33.6. The highest BCUT2D eigenvalue weighted by Gasteiger charge is 2.10. The molecule has 0 unspecified atom stereocenters. The van der Waals surface area contributed by atoms with Crippen molar-refractivity contribution in [2.45, 2.75) is 6.42 Å². The molecule has 0 heterocycles. The van der Waals surface area contributed by atoms with Crippen LogP contribution in [0, 0.1) is 10.1 Å². The monoisotopic (exact) mass is 327 g/mol. The second kappa shape index (κ2) is 8.42. The van der Waals surface area contributed by atoms with Gasteiger partial charge in [0.05, 0.1) is 11.5 Å². The largest absolute Gasteiger partial charge is 0.354 e. The lowest BCUT2D eigenvalue weighted by molar-refractivity contribution is -0.384. The van der Waals surface area contributed by atoms with Gasteiger partial charge in [0.15, 0.2) is 0 Å². The van der Waals surface area contributed by atoms with E-state index in [1.165, 1.54) is 24.3 Å². The lowest BCUT2D eigenvalue weighted by atomic mass is 10.1. The lowest BCUT2D eigenvalue weighted by Crippen LogP contribution is -2.37. The summed E-state index contributed by atoms with van der Waals surface area (Å²) < 4.78 is 0. The van der Waals surface area contributed by atoms with Crippen LogP contribution in [0.25, 0.3) is 0 Å². The van der Waals surface area contributed by atoms with Crippen molar-refractivity contribution in [3.63, 3.8) is 0 Å². The maximum absolute atomic E-state index is 11.9. The Balaban J connectivity index is 1.72. The van der Waals surface area contributed by atoms with Crippen molar-refractivity contribution in [3.05, 3.63) is 75.8 Å². The maximum atomic E-state index is 11.9. The van der Waals surface area contributed by atoms with Crippen LogP contribution in [-0.2, 0) is 11.2 Å². The Morgan fingerprint density at radius 1 is 0.958 bits per heavy atom. The van der Waals surface area contributed by atoms with Gasteiger partial charge in [-0.05, 0) is 24.1 Å². The van der Waals surface area contributed by atoms with Crippen molar-refractivity contribution < 1.29 is 14.5 Å². The van der Waals surface area contributed by atoms with Gasteiger partial charge in [-0.15, -0.1) is 0 Å². The Hall–Kier alpha value is -3.22. The van der Waals surface area contributed by atoms with Crippen LogP contribution in [0.15, 0.2) is 54.6 Å². The van der Waals surface area contributed by atoms with E-state index in [2.05, 4.69) is 10.6 Å². The minimum atomic E-state index is -0.540. The summed E-state index contributed by atoms with van der Waals surface area (Å²) in [5.41, 5.74) is 1.29. The third-order valence-corrected chi connectivity index (χ3v) is 3.33. The first-order chi connectivity index (χ1) is 11.6. The molecular formula is C17H17N3O4. The Morgan fingerprint density at radius 3 is 2.25 bits per heavy atom. The zero-order chi connectivity index (χ0) is 17.4. The van der Waals surface area contributed by atoms with E-state index in [1.54, 1.807) is 0 Å². The summed E-state index contributed by atoms with van der Waals surface area (Å²) in [7, 11) is 0. The molecule has 2 amide bonds. The van der Waals surface area contributed by atoms with Crippen molar-refractivity contribution in [2.75, 3.05) is 13.1 Å². The zero-order valence-corrected chi connectivity index (χ0v) is 12.9. The first-order valence-corrected chi connectivity index (χ1v) is 7.39. The van der Waals surface area contributed by atoms with Crippen LogP contribution in [-0.4, -0.2) is 29.8 Å². The summed E-state index contributed by atoms with van der Waals surface area (Å²) in [6.07, 6.45) is 0.711. The number of nitrogens with zero attached hydrogens (tertiary/aromatic N) is 1. The van der Waals surface area contributed by atoms with Crippen LogP contribution < -0.4 is 10.6 Å². The zero-order valence-electron chi connectivity index (χ0n) is 12.9. The smallest absolute Gasteiger partial charge is 0.269 e. The van der Waals surface area contributed by atoms with Gasteiger partial charge in [0.25, 0.3) is 11.6 Å². The van der Waals surface area contributed by atoms with Gasteiger partial charge in [0, 0.05) is 24.2 Å². The fourth-order valence-electron chi connectivity index (χ4n) is 2.05. The molecule has 0 bridgehead atoms. The van der Waals surface area contributed by atoms with Crippen molar-refractivity contribution in [3.8, 4) is 0 Å². The molecule has 0 saturated carbocycles. The van der Waals surface area contributed by atoms with Crippen molar-refractivity contribution in [2.24, 2.45) is 0 Å². The van der Waals surface area contributed by atoms with E-state index in [0.717, 1.165) is 5.56 Å². The van der Waals surface area contributed by atoms with E-state index in [1.807, 2.05) is 30.3 Å². The topological polar surface area (TPSA) is 101 Å². The second-order valence-electron chi connectivity index (χ2n) is 5.07. The van der Waals surface area contributed by atoms with Gasteiger partial charge in [-0.25, -0.2) is 0 Å². The predicted molar refractivity (Wildman–Crippen MR) is 88.6 cm³/mol. The third-order valence-electron chi connectivity index (χ3n) is 3.33. The number of benzene rings is 2. The molecule has 0 aliphatic carbocycles. The van der Waals surface area contributed by atoms with Crippen molar-refractivity contribution in [1.82, 2.24) is 10.6 Å². The van der Waals surface area contributed by atoms with Crippen LogP contribution in [0.1, 0.15) is 15.9 Å². The fourth-order valence-corrected chi connectivity index (χ4v) is 2.05. The fraction of sp³-hybridized carbons (Fsp3) is 0.176. The van der Waals surface area contributed by atoms with Gasteiger partial charge in [-0.3, -0.25) is 19.7 Å². The Labute approximate surface area is 138 Å². The molecule has 0 saturated heterocycles.